The van der Waals surface area contributed by atoms with Crippen molar-refractivity contribution in [2.24, 2.45) is 0 Å². The Bertz CT molecular complexity index is 994. The van der Waals surface area contributed by atoms with E-state index in [0.717, 1.165) is 5.69 Å². The van der Waals surface area contributed by atoms with E-state index in [-0.39, 0.29) is 0 Å². The number of aryl methyl sites for hydroxylation is 2. The van der Waals surface area contributed by atoms with Crippen LogP contribution in [0.5, 0.6) is 0 Å². The predicted molar refractivity (Wildman–Crippen MR) is 94.2 cm³/mol. The van der Waals surface area contributed by atoms with Crippen molar-refractivity contribution in [1.82, 2.24) is 4.98 Å². The van der Waals surface area contributed by atoms with Gasteiger partial charge in [-0.15, -0.1) is 0 Å². The van der Waals surface area contributed by atoms with E-state index in [2.05, 4.69) is 74.5 Å². The highest BCUT2D eigenvalue weighted by Crippen LogP contribution is 2.36. The van der Waals surface area contributed by atoms with Gasteiger partial charge >= 0.3 is 0 Å². The summed E-state index contributed by atoms with van der Waals surface area (Å²) in [6.07, 6.45) is 1.91. The maximum absolute atomic E-state index is 4.72. The smallest absolute Gasteiger partial charge is 0.0789 e. The average molecular weight is 283 g/mol. The molecule has 0 spiro atoms. The predicted octanol–water partition coefficient (Wildman–Crippen LogP) is 5.67. The van der Waals surface area contributed by atoms with Crippen LogP contribution in [0, 0.1) is 13.8 Å². The maximum atomic E-state index is 4.72. The van der Waals surface area contributed by atoms with Crippen molar-refractivity contribution in [3.8, 4) is 11.3 Å². The molecule has 1 aromatic heterocycles. The van der Waals surface area contributed by atoms with Gasteiger partial charge in [-0.1, -0.05) is 54.6 Å². The fourth-order valence-corrected chi connectivity index (χ4v) is 3.37. The van der Waals surface area contributed by atoms with Crippen LogP contribution in [0.25, 0.3) is 32.8 Å². The van der Waals surface area contributed by atoms with E-state index in [9.17, 15) is 0 Å². The largest absolute Gasteiger partial charge is 0.256 e. The highest BCUT2D eigenvalue weighted by atomic mass is 14.7. The van der Waals surface area contributed by atoms with Crippen LogP contribution in [-0.4, -0.2) is 4.98 Å². The first-order chi connectivity index (χ1) is 10.8. The van der Waals surface area contributed by atoms with Crippen LogP contribution in [0.15, 0.2) is 66.9 Å². The second-order valence-corrected chi connectivity index (χ2v) is 5.81. The molecule has 0 N–H and O–H groups in total. The van der Waals surface area contributed by atoms with Crippen LogP contribution >= 0.6 is 0 Å². The molecule has 0 radical (unpaired) electrons. The SMILES string of the molecule is Cc1cc(C)c2ccccc2c1-c1nccc2ccccc12. The molecule has 0 aliphatic heterocycles. The molecule has 4 rings (SSSR count). The number of rotatable bonds is 1. The zero-order valence-corrected chi connectivity index (χ0v) is 12.8. The average Bonchev–Trinajstić information content (AvgIpc) is 2.55. The van der Waals surface area contributed by atoms with Crippen LogP contribution in [0.1, 0.15) is 11.1 Å². The number of fused-ring (bicyclic) bond motifs is 2. The van der Waals surface area contributed by atoms with Crippen molar-refractivity contribution in [2.75, 3.05) is 0 Å². The first-order valence-corrected chi connectivity index (χ1v) is 7.59. The number of hydrogen-bond acceptors (Lipinski definition) is 1. The van der Waals surface area contributed by atoms with Gasteiger partial charge in [-0.3, -0.25) is 4.98 Å². The number of aromatic nitrogens is 1. The summed E-state index contributed by atoms with van der Waals surface area (Å²) in [5.41, 5.74) is 4.92. The molecule has 0 bridgehead atoms. The zero-order chi connectivity index (χ0) is 15.1. The van der Waals surface area contributed by atoms with Gasteiger partial charge in [0.15, 0.2) is 0 Å². The van der Waals surface area contributed by atoms with Crippen molar-refractivity contribution >= 4 is 21.5 Å². The van der Waals surface area contributed by atoms with E-state index < -0.39 is 0 Å². The maximum Gasteiger partial charge on any atom is 0.0789 e. The summed E-state index contributed by atoms with van der Waals surface area (Å²) >= 11 is 0. The number of nitrogens with zero attached hydrogens (tertiary/aromatic N) is 1. The lowest BCUT2D eigenvalue weighted by atomic mass is 9.92. The van der Waals surface area contributed by atoms with Crippen LogP contribution in [0.2, 0.25) is 0 Å². The topological polar surface area (TPSA) is 12.9 Å². The quantitative estimate of drug-likeness (QED) is 0.438. The minimum Gasteiger partial charge on any atom is -0.256 e. The molecular formula is C21H17N. The van der Waals surface area contributed by atoms with Crippen molar-refractivity contribution in [1.29, 1.82) is 0 Å². The third-order valence-corrected chi connectivity index (χ3v) is 4.36. The number of benzene rings is 3. The standard InChI is InChI=1S/C21H17N/c1-14-13-15(2)20(19-10-6-5-8-17(14)19)21-18-9-4-3-7-16(18)11-12-22-21/h3-13H,1-2H3. The highest BCUT2D eigenvalue weighted by Gasteiger charge is 2.13. The molecule has 1 heteroatoms. The molecule has 3 aromatic carbocycles. The van der Waals surface area contributed by atoms with Gasteiger partial charge in [0.2, 0.25) is 0 Å². The van der Waals surface area contributed by atoms with Gasteiger partial charge in [-0.2, -0.15) is 0 Å². The highest BCUT2D eigenvalue weighted by molar-refractivity contribution is 6.05. The summed E-state index contributed by atoms with van der Waals surface area (Å²) in [4.78, 5) is 4.72. The Morgan fingerprint density at radius 3 is 2.18 bits per heavy atom. The first-order valence-electron chi connectivity index (χ1n) is 7.59. The van der Waals surface area contributed by atoms with Crippen LogP contribution in [0.3, 0.4) is 0 Å². The Morgan fingerprint density at radius 2 is 1.36 bits per heavy atom. The normalized spacial score (nSPS) is 11.2. The molecule has 0 aliphatic rings. The van der Waals surface area contributed by atoms with E-state index in [1.54, 1.807) is 0 Å². The molecular weight excluding hydrogens is 266 g/mol. The molecule has 0 unspecified atom stereocenters. The molecule has 1 nitrogen and oxygen atoms in total. The first kappa shape index (κ1) is 13.0. The Balaban J connectivity index is 2.18. The second-order valence-electron chi connectivity index (χ2n) is 5.81. The van der Waals surface area contributed by atoms with Gasteiger partial charge in [0.1, 0.15) is 0 Å². The molecule has 0 fully saturated rings. The van der Waals surface area contributed by atoms with Gasteiger partial charge in [-0.25, -0.2) is 0 Å². The molecule has 0 aliphatic carbocycles. The fourth-order valence-electron chi connectivity index (χ4n) is 3.37. The lowest BCUT2D eigenvalue weighted by molar-refractivity contribution is 1.33. The summed E-state index contributed by atoms with van der Waals surface area (Å²) in [6.45, 7) is 4.36. The molecule has 106 valence electrons. The third-order valence-electron chi connectivity index (χ3n) is 4.36. The summed E-state index contributed by atoms with van der Waals surface area (Å²) in [7, 11) is 0. The van der Waals surface area contributed by atoms with E-state index in [1.165, 1.54) is 38.2 Å². The summed E-state index contributed by atoms with van der Waals surface area (Å²) < 4.78 is 0. The van der Waals surface area contributed by atoms with Gasteiger partial charge in [-0.05, 0) is 47.2 Å². The summed E-state index contributed by atoms with van der Waals surface area (Å²) in [5.74, 6) is 0. The Morgan fingerprint density at radius 1 is 0.682 bits per heavy atom. The van der Waals surface area contributed by atoms with Gasteiger partial charge in [0.05, 0.1) is 5.69 Å². The number of pyridine rings is 1. The van der Waals surface area contributed by atoms with Crippen molar-refractivity contribution in [3.63, 3.8) is 0 Å². The van der Waals surface area contributed by atoms with Crippen LogP contribution < -0.4 is 0 Å². The monoisotopic (exact) mass is 283 g/mol. The second kappa shape index (κ2) is 4.96. The molecule has 1 heterocycles. The van der Waals surface area contributed by atoms with Gasteiger partial charge in [0, 0.05) is 17.1 Å². The number of hydrogen-bond donors (Lipinski definition) is 0. The van der Waals surface area contributed by atoms with Gasteiger partial charge in [0.25, 0.3) is 0 Å². The molecule has 22 heavy (non-hydrogen) atoms. The van der Waals surface area contributed by atoms with Crippen molar-refractivity contribution in [2.45, 2.75) is 13.8 Å². The molecule has 0 amide bonds. The van der Waals surface area contributed by atoms with Crippen LogP contribution in [-0.2, 0) is 0 Å². The zero-order valence-electron chi connectivity index (χ0n) is 12.8. The molecule has 0 saturated carbocycles. The van der Waals surface area contributed by atoms with Crippen LogP contribution in [0.4, 0.5) is 0 Å². The van der Waals surface area contributed by atoms with Gasteiger partial charge < -0.3 is 0 Å². The molecule has 0 atom stereocenters. The van der Waals surface area contributed by atoms with E-state index >= 15 is 0 Å². The third kappa shape index (κ3) is 1.90. The lowest BCUT2D eigenvalue weighted by Gasteiger charge is -2.14. The van der Waals surface area contributed by atoms with E-state index in [4.69, 9.17) is 4.98 Å². The fraction of sp³-hybridized carbons (Fsp3) is 0.0952. The molecule has 4 aromatic rings. The minimum atomic E-state index is 1.08. The Labute approximate surface area is 130 Å². The van der Waals surface area contributed by atoms with E-state index in [1.807, 2.05) is 6.20 Å². The van der Waals surface area contributed by atoms with E-state index in [0.29, 0.717) is 0 Å². The lowest BCUT2D eigenvalue weighted by Crippen LogP contribution is -1.92. The molecule has 0 saturated heterocycles. The van der Waals surface area contributed by atoms with Crippen molar-refractivity contribution < 1.29 is 0 Å². The van der Waals surface area contributed by atoms with Crippen molar-refractivity contribution in [3.05, 3.63) is 78.0 Å². The summed E-state index contributed by atoms with van der Waals surface area (Å²) in [5, 5.41) is 5.03. The summed E-state index contributed by atoms with van der Waals surface area (Å²) in [6, 6.07) is 21.4. The minimum absolute atomic E-state index is 1.08. The Kier molecular flexibility index (Phi) is 2.93. The Hall–Kier alpha value is -2.67.